The van der Waals surface area contributed by atoms with Gasteiger partial charge >= 0.3 is 0 Å². The maximum Gasteiger partial charge on any atom is 0.133 e. The average Bonchev–Trinajstić information content (AvgIpc) is 3.19. The lowest BCUT2D eigenvalue weighted by Gasteiger charge is -2.08. The molecule has 2 aromatic heterocycles. The van der Waals surface area contributed by atoms with E-state index < -0.39 is 0 Å². The Bertz CT molecular complexity index is 824. The highest BCUT2D eigenvalue weighted by atomic mass is 35.5. The van der Waals surface area contributed by atoms with Crippen molar-refractivity contribution < 1.29 is 0 Å². The fourth-order valence-corrected chi connectivity index (χ4v) is 3.99. The van der Waals surface area contributed by atoms with Gasteiger partial charge in [-0.1, -0.05) is 29.3 Å². The molecular weight excluding hydrogens is 337 g/mol. The van der Waals surface area contributed by atoms with Crippen molar-refractivity contribution in [2.24, 2.45) is 0 Å². The molecule has 0 fully saturated rings. The van der Waals surface area contributed by atoms with E-state index in [1.165, 1.54) is 10.4 Å². The zero-order valence-corrected chi connectivity index (χ0v) is 14.0. The summed E-state index contributed by atoms with van der Waals surface area (Å²) in [6, 6.07) is 9.72. The third-order valence-electron chi connectivity index (χ3n) is 3.79. The fraction of sp³-hybridized carbons (Fsp3) is 0.188. The van der Waals surface area contributed by atoms with Crippen LogP contribution in [-0.4, -0.2) is 16.3 Å². The molecule has 0 aliphatic carbocycles. The van der Waals surface area contributed by atoms with Crippen LogP contribution in [0.3, 0.4) is 0 Å². The van der Waals surface area contributed by atoms with Gasteiger partial charge < -0.3 is 5.32 Å². The van der Waals surface area contributed by atoms with E-state index >= 15 is 0 Å². The summed E-state index contributed by atoms with van der Waals surface area (Å²) < 4.78 is 1.91. The zero-order chi connectivity index (χ0) is 15.1. The second-order valence-corrected chi connectivity index (χ2v) is 7.09. The van der Waals surface area contributed by atoms with Crippen molar-refractivity contribution in [3.63, 3.8) is 0 Å². The van der Waals surface area contributed by atoms with Gasteiger partial charge in [-0.2, -0.15) is 5.10 Å². The van der Waals surface area contributed by atoms with E-state index in [9.17, 15) is 0 Å². The van der Waals surface area contributed by atoms with Gasteiger partial charge in [-0.05, 0) is 36.1 Å². The van der Waals surface area contributed by atoms with Crippen LogP contribution in [0.25, 0.3) is 5.69 Å². The summed E-state index contributed by atoms with van der Waals surface area (Å²) in [5.74, 6) is 1.05. The SMILES string of the molecule is Clc1ccc(-n2nc(Cc3cccs3)c3c2NCC3)c(Cl)c1. The lowest BCUT2D eigenvalue weighted by Crippen LogP contribution is -2.05. The van der Waals surface area contributed by atoms with E-state index in [4.69, 9.17) is 28.3 Å². The Labute approximate surface area is 142 Å². The molecule has 0 unspecified atom stereocenters. The molecule has 0 amide bonds. The molecule has 3 aromatic rings. The van der Waals surface area contributed by atoms with Crippen LogP contribution < -0.4 is 5.32 Å². The highest BCUT2D eigenvalue weighted by Crippen LogP contribution is 2.33. The van der Waals surface area contributed by atoms with Crippen LogP contribution in [0, 0.1) is 0 Å². The molecule has 1 N–H and O–H groups in total. The fourth-order valence-electron chi connectivity index (χ4n) is 2.79. The zero-order valence-electron chi connectivity index (χ0n) is 11.6. The molecule has 1 aromatic carbocycles. The normalized spacial score (nSPS) is 13.2. The number of benzene rings is 1. The second kappa shape index (κ2) is 5.61. The largest absolute Gasteiger partial charge is 0.369 e. The van der Waals surface area contributed by atoms with Crippen molar-refractivity contribution in [2.45, 2.75) is 12.8 Å². The van der Waals surface area contributed by atoms with Crippen molar-refractivity contribution >= 4 is 40.4 Å². The van der Waals surface area contributed by atoms with Gasteiger partial charge in [0.25, 0.3) is 0 Å². The van der Waals surface area contributed by atoms with Gasteiger partial charge in [0.05, 0.1) is 16.4 Å². The lowest BCUT2D eigenvalue weighted by molar-refractivity contribution is 0.842. The van der Waals surface area contributed by atoms with Crippen LogP contribution in [0.1, 0.15) is 16.1 Å². The first-order chi connectivity index (χ1) is 10.7. The third-order valence-corrected chi connectivity index (χ3v) is 5.21. The Balaban J connectivity index is 1.80. The van der Waals surface area contributed by atoms with Crippen LogP contribution in [0.4, 0.5) is 5.82 Å². The van der Waals surface area contributed by atoms with Crippen molar-refractivity contribution in [3.8, 4) is 5.69 Å². The molecule has 0 saturated carbocycles. The molecule has 4 rings (SSSR count). The number of nitrogens with one attached hydrogen (secondary N) is 1. The summed E-state index contributed by atoms with van der Waals surface area (Å²) >= 11 is 14.1. The minimum absolute atomic E-state index is 0.606. The van der Waals surface area contributed by atoms with Crippen LogP contribution in [0.15, 0.2) is 35.7 Å². The van der Waals surface area contributed by atoms with Crippen LogP contribution in [-0.2, 0) is 12.8 Å². The van der Waals surface area contributed by atoms with Crippen LogP contribution in [0.2, 0.25) is 10.0 Å². The lowest BCUT2D eigenvalue weighted by atomic mass is 10.1. The summed E-state index contributed by atoms with van der Waals surface area (Å²) in [5, 5.41) is 11.6. The van der Waals surface area contributed by atoms with Crippen LogP contribution in [0.5, 0.6) is 0 Å². The maximum absolute atomic E-state index is 6.35. The third kappa shape index (κ3) is 2.41. The van der Waals surface area contributed by atoms with Gasteiger partial charge in [0, 0.05) is 28.4 Å². The number of aromatic nitrogens is 2. The van der Waals surface area contributed by atoms with Crippen molar-refractivity contribution in [1.29, 1.82) is 0 Å². The molecule has 112 valence electrons. The minimum Gasteiger partial charge on any atom is -0.369 e. The number of anilines is 1. The molecule has 0 atom stereocenters. The number of hydrogen-bond donors (Lipinski definition) is 1. The first-order valence-corrected chi connectivity index (χ1v) is 8.68. The van der Waals surface area contributed by atoms with Gasteiger partial charge in [-0.3, -0.25) is 0 Å². The molecule has 1 aliphatic rings. The van der Waals surface area contributed by atoms with E-state index in [-0.39, 0.29) is 0 Å². The standard InChI is InChI=1S/C16H13Cl2N3S/c17-10-3-4-15(13(18)8-10)21-16-12(5-6-19-16)14(20-21)9-11-2-1-7-22-11/h1-4,7-8,19H,5-6,9H2. The summed E-state index contributed by atoms with van der Waals surface area (Å²) in [7, 11) is 0. The molecule has 0 saturated heterocycles. The molecule has 0 bridgehead atoms. The topological polar surface area (TPSA) is 29.9 Å². The van der Waals surface area contributed by atoms with Gasteiger partial charge in [0.1, 0.15) is 5.82 Å². The number of thiophene rings is 1. The summed E-state index contributed by atoms with van der Waals surface area (Å²) in [5.41, 5.74) is 3.27. The first-order valence-electron chi connectivity index (χ1n) is 7.05. The number of rotatable bonds is 3. The summed E-state index contributed by atoms with van der Waals surface area (Å²) in [6.07, 6.45) is 1.86. The molecule has 3 nitrogen and oxygen atoms in total. The van der Waals surface area contributed by atoms with Crippen molar-refractivity contribution in [2.75, 3.05) is 11.9 Å². The molecule has 0 spiro atoms. The van der Waals surface area contributed by atoms with E-state index in [0.29, 0.717) is 10.0 Å². The Kier molecular flexibility index (Phi) is 3.60. The Hall–Kier alpha value is -1.49. The minimum atomic E-state index is 0.606. The van der Waals surface area contributed by atoms with Gasteiger partial charge in [0.2, 0.25) is 0 Å². The smallest absolute Gasteiger partial charge is 0.133 e. The Morgan fingerprint density at radius 1 is 1.27 bits per heavy atom. The molecule has 3 heterocycles. The van der Waals surface area contributed by atoms with Gasteiger partial charge in [-0.25, -0.2) is 4.68 Å². The van der Waals surface area contributed by atoms with E-state index in [1.807, 2.05) is 16.8 Å². The van der Waals surface area contributed by atoms with E-state index in [1.54, 1.807) is 17.4 Å². The molecule has 1 aliphatic heterocycles. The summed E-state index contributed by atoms with van der Waals surface area (Å²) in [6.45, 7) is 0.940. The number of hydrogen-bond acceptors (Lipinski definition) is 3. The highest BCUT2D eigenvalue weighted by molar-refractivity contribution is 7.09. The molecule has 6 heteroatoms. The van der Waals surface area contributed by atoms with E-state index in [2.05, 4.69) is 22.8 Å². The molecule has 0 radical (unpaired) electrons. The Morgan fingerprint density at radius 2 is 2.18 bits per heavy atom. The van der Waals surface area contributed by atoms with Crippen molar-refractivity contribution in [3.05, 3.63) is 61.9 Å². The first kappa shape index (κ1) is 14.1. The molecule has 22 heavy (non-hydrogen) atoms. The highest BCUT2D eigenvalue weighted by Gasteiger charge is 2.24. The predicted octanol–water partition coefficient (Wildman–Crippen LogP) is 4.80. The average molecular weight is 350 g/mol. The van der Waals surface area contributed by atoms with Crippen LogP contribution >= 0.6 is 34.5 Å². The number of fused-ring (bicyclic) bond motifs is 1. The monoisotopic (exact) mass is 349 g/mol. The second-order valence-electron chi connectivity index (χ2n) is 5.21. The van der Waals surface area contributed by atoms with Gasteiger partial charge in [0.15, 0.2) is 0 Å². The Morgan fingerprint density at radius 3 is 2.95 bits per heavy atom. The maximum atomic E-state index is 6.35. The summed E-state index contributed by atoms with van der Waals surface area (Å²) in [4.78, 5) is 1.32. The van der Waals surface area contributed by atoms with E-state index in [0.717, 1.165) is 36.6 Å². The number of halogens is 2. The van der Waals surface area contributed by atoms with Crippen molar-refractivity contribution in [1.82, 2.24) is 9.78 Å². The predicted molar refractivity (Wildman–Crippen MR) is 92.9 cm³/mol. The molecular formula is C16H13Cl2N3S. The quantitative estimate of drug-likeness (QED) is 0.735. The van der Waals surface area contributed by atoms with Gasteiger partial charge in [-0.15, -0.1) is 11.3 Å². The number of nitrogens with zero attached hydrogens (tertiary/aromatic N) is 2.